The molecule has 1 unspecified atom stereocenters. The normalized spacial score (nSPS) is 20.3. The number of nitrogens with one attached hydrogen (secondary N) is 1. The smallest absolute Gasteiger partial charge is 0.397 e. The Labute approximate surface area is 172 Å². The number of carbonyl (C=O) groups excluding carboxylic acids is 3. The maximum atomic E-state index is 12.9. The van der Waals surface area contributed by atoms with Crippen LogP contribution in [0.5, 0.6) is 0 Å². The lowest BCUT2D eigenvalue weighted by Gasteiger charge is -2.32. The number of carbonyl (C=O) groups is 3. The minimum absolute atomic E-state index is 0.0243. The fourth-order valence-corrected chi connectivity index (χ4v) is 4.31. The molecule has 0 bridgehead atoms. The summed E-state index contributed by atoms with van der Waals surface area (Å²) in [4.78, 5) is 40.4. The minimum atomic E-state index is -0.920. The van der Waals surface area contributed by atoms with Gasteiger partial charge in [-0.25, -0.2) is 4.79 Å². The van der Waals surface area contributed by atoms with Crippen molar-refractivity contribution in [3.05, 3.63) is 29.8 Å². The first-order valence-electron chi connectivity index (χ1n) is 10.6. The van der Waals surface area contributed by atoms with Gasteiger partial charge in [-0.1, -0.05) is 19.3 Å². The van der Waals surface area contributed by atoms with E-state index in [1.165, 1.54) is 32.1 Å². The third-order valence-electron chi connectivity index (χ3n) is 6.00. The number of hydrogen-bond donors (Lipinski definition) is 1. The van der Waals surface area contributed by atoms with E-state index in [0.29, 0.717) is 17.3 Å². The van der Waals surface area contributed by atoms with Crippen LogP contribution in [-0.2, 0) is 14.3 Å². The van der Waals surface area contributed by atoms with Gasteiger partial charge >= 0.3 is 11.9 Å². The molecular weight excluding hydrogens is 370 g/mol. The summed E-state index contributed by atoms with van der Waals surface area (Å²) < 4.78 is 4.66. The van der Waals surface area contributed by atoms with E-state index < -0.39 is 11.9 Å². The molecule has 1 saturated heterocycles. The number of hydrogen-bond acceptors (Lipinski definition) is 5. The van der Waals surface area contributed by atoms with Crippen molar-refractivity contribution in [3.8, 4) is 0 Å². The van der Waals surface area contributed by atoms with Crippen molar-refractivity contribution in [2.24, 2.45) is 0 Å². The molecule has 1 aromatic carbocycles. The van der Waals surface area contributed by atoms with Crippen LogP contribution in [-0.4, -0.2) is 66.4 Å². The van der Waals surface area contributed by atoms with Crippen LogP contribution in [0, 0.1) is 0 Å². The monoisotopic (exact) mass is 401 g/mol. The van der Waals surface area contributed by atoms with Gasteiger partial charge in [0.15, 0.2) is 0 Å². The maximum Gasteiger partial charge on any atom is 0.397 e. The van der Waals surface area contributed by atoms with E-state index in [4.69, 9.17) is 0 Å². The summed E-state index contributed by atoms with van der Waals surface area (Å²) in [6.45, 7) is 3.79. The summed E-state index contributed by atoms with van der Waals surface area (Å²) in [7, 11) is 1.87. The van der Waals surface area contributed by atoms with Crippen LogP contribution >= 0.6 is 0 Å². The molecule has 1 heterocycles. The molecule has 3 rings (SSSR count). The van der Waals surface area contributed by atoms with Crippen molar-refractivity contribution in [1.82, 2.24) is 9.80 Å². The summed E-state index contributed by atoms with van der Waals surface area (Å²) in [5.74, 6) is -1.77. The Morgan fingerprint density at radius 3 is 2.45 bits per heavy atom. The van der Waals surface area contributed by atoms with Gasteiger partial charge in [0.25, 0.3) is 5.91 Å². The molecule has 2 fully saturated rings. The number of amides is 2. The first-order chi connectivity index (χ1) is 14.0. The average Bonchev–Trinajstić information content (AvgIpc) is 3.24. The molecule has 1 aliphatic heterocycles. The Bertz CT molecular complexity index is 728. The van der Waals surface area contributed by atoms with Crippen molar-refractivity contribution >= 4 is 23.5 Å². The topological polar surface area (TPSA) is 78.9 Å². The Hall–Kier alpha value is -2.41. The number of anilines is 1. The van der Waals surface area contributed by atoms with Crippen molar-refractivity contribution < 1.29 is 19.1 Å². The number of rotatable bonds is 5. The third kappa shape index (κ3) is 5.35. The molecule has 1 saturated carbocycles. The zero-order valence-electron chi connectivity index (χ0n) is 17.4. The number of likely N-dealkylation sites (N-methyl/N-ethyl adjacent to an activating group) is 1. The minimum Gasteiger partial charge on any atom is -0.459 e. The molecule has 7 nitrogen and oxygen atoms in total. The Morgan fingerprint density at radius 1 is 1.10 bits per heavy atom. The van der Waals surface area contributed by atoms with Crippen molar-refractivity contribution in [2.45, 2.75) is 57.5 Å². The molecule has 158 valence electrons. The van der Waals surface area contributed by atoms with Gasteiger partial charge < -0.3 is 15.0 Å². The van der Waals surface area contributed by atoms with Crippen molar-refractivity contribution in [3.63, 3.8) is 0 Å². The highest BCUT2D eigenvalue weighted by molar-refractivity contribution is 6.37. The standard InChI is InChI=1S/C22H31N3O4/c1-3-29-22(28)20(26)23-17-11-9-16(10-12-17)21(27)24(2)19-13-14-25(15-19)18-7-5-4-6-8-18/h9-12,18-19H,3-8,13-15H2,1-2H3,(H,23,26). The molecule has 1 aromatic rings. The predicted molar refractivity (Wildman–Crippen MR) is 111 cm³/mol. The van der Waals surface area contributed by atoms with Gasteiger partial charge in [-0.2, -0.15) is 0 Å². The van der Waals surface area contributed by atoms with E-state index in [2.05, 4.69) is 15.0 Å². The first kappa shape index (κ1) is 21.3. The Kier molecular flexibility index (Phi) is 7.25. The van der Waals surface area contributed by atoms with Gasteiger partial charge in [-0.3, -0.25) is 14.5 Å². The summed E-state index contributed by atoms with van der Waals surface area (Å²) in [5.41, 5.74) is 1.02. The highest BCUT2D eigenvalue weighted by Crippen LogP contribution is 2.27. The van der Waals surface area contributed by atoms with Crippen LogP contribution in [0.15, 0.2) is 24.3 Å². The lowest BCUT2D eigenvalue weighted by atomic mass is 9.94. The van der Waals surface area contributed by atoms with E-state index in [0.717, 1.165) is 19.5 Å². The van der Waals surface area contributed by atoms with Gasteiger partial charge in [0.1, 0.15) is 0 Å². The van der Waals surface area contributed by atoms with E-state index >= 15 is 0 Å². The quantitative estimate of drug-likeness (QED) is 0.606. The molecule has 29 heavy (non-hydrogen) atoms. The van der Waals surface area contributed by atoms with Crippen LogP contribution in [0.1, 0.15) is 55.8 Å². The second-order valence-electron chi connectivity index (χ2n) is 7.90. The van der Waals surface area contributed by atoms with Gasteiger partial charge in [0.05, 0.1) is 6.61 Å². The van der Waals surface area contributed by atoms with Crippen molar-refractivity contribution in [2.75, 3.05) is 32.1 Å². The van der Waals surface area contributed by atoms with Gasteiger partial charge in [0.2, 0.25) is 0 Å². The fourth-order valence-electron chi connectivity index (χ4n) is 4.31. The fraction of sp³-hybridized carbons (Fsp3) is 0.591. The first-order valence-corrected chi connectivity index (χ1v) is 10.6. The molecule has 0 aromatic heterocycles. The third-order valence-corrected chi connectivity index (χ3v) is 6.00. The van der Waals surface area contributed by atoms with E-state index in [1.54, 1.807) is 31.2 Å². The number of likely N-dealkylation sites (tertiary alicyclic amines) is 1. The van der Waals surface area contributed by atoms with Crippen LogP contribution < -0.4 is 5.32 Å². The zero-order valence-corrected chi connectivity index (χ0v) is 17.4. The van der Waals surface area contributed by atoms with Crippen LogP contribution in [0.25, 0.3) is 0 Å². The van der Waals surface area contributed by atoms with Crippen LogP contribution in [0.2, 0.25) is 0 Å². The second-order valence-corrected chi connectivity index (χ2v) is 7.90. The lowest BCUT2D eigenvalue weighted by molar-refractivity contribution is -0.152. The summed E-state index contributed by atoms with van der Waals surface area (Å²) in [6, 6.07) is 7.51. The second kappa shape index (κ2) is 9.87. The number of esters is 1. The van der Waals surface area contributed by atoms with Crippen LogP contribution in [0.3, 0.4) is 0 Å². The zero-order chi connectivity index (χ0) is 20.8. The Morgan fingerprint density at radius 2 is 1.79 bits per heavy atom. The predicted octanol–water partition coefficient (Wildman–Crippen LogP) is 2.67. The van der Waals surface area contributed by atoms with E-state index in [1.807, 2.05) is 11.9 Å². The highest BCUT2D eigenvalue weighted by atomic mass is 16.5. The Balaban J connectivity index is 1.54. The molecule has 1 aliphatic carbocycles. The molecule has 0 spiro atoms. The molecule has 0 radical (unpaired) electrons. The van der Waals surface area contributed by atoms with Gasteiger partial charge in [-0.05, 0) is 50.5 Å². The van der Waals surface area contributed by atoms with Gasteiger partial charge in [0, 0.05) is 43.5 Å². The highest BCUT2D eigenvalue weighted by Gasteiger charge is 2.32. The molecular formula is C22H31N3O4. The molecule has 1 atom stereocenters. The van der Waals surface area contributed by atoms with E-state index in [9.17, 15) is 14.4 Å². The summed E-state index contributed by atoms with van der Waals surface area (Å²) in [5, 5.41) is 2.47. The lowest BCUT2D eigenvalue weighted by Crippen LogP contribution is -2.41. The number of ether oxygens (including phenoxy) is 1. The number of nitrogens with zero attached hydrogens (tertiary/aromatic N) is 2. The SMILES string of the molecule is CCOC(=O)C(=O)Nc1ccc(C(=O)N(C)C2CCN(C3CCCCC3)C2)cc1. The van der Waals surface area contributed by atoms with Crippen molar-refractivity contribution in [1.29, 1.82) is 0 Å². The average molecular weight is 402 g/mol. The maximum absolute atomic E-state index is 12.9. The molecule has 2 amide bonds. The van der Waals surface area contributed by atoms with E-state index in [-0.39, 0.29) is 18.6 Å². The van der Waals surface area contributed by atoms with Gasteiger partial charge in [-0.15, -0.1) is 0 Å². The molecule has 2 aliphatic rings. The molecule has 7 heteroatoms. The summed E-state index contributed by atoms with van der Waals surface area (Å²) in [6.07, 6.45) is 7.56. The number of benzene rings is 1. The molecule has 1 N–H and O–H groups in total. The summed E-state index contributed by atoms with van der Waals surface area (Å²) >= 11 is 0. The van der Waals surface area contributed by atoms with Crippen LogP contribution in [0.4, 0.5) is 5.69 Å². The largest absolute Gasteiger partial charge is 0.459 e.